The van der Waals surface area contributed by atoms with E-state index >= 15 is 0 Å². The van der Waals surface area contributed by atoms with Crippen molar-refractivity contribution < 1.29 is 27.9 Å². The van der Waals surface area contributed by atoms with E-state index in [2.05, 4.69) is 0 Å². The summed E-state index contributed by atoms with van der Waals surface area (Å²) < 4.78 is 37.0. The summed E-state index contributed by atoms with van der Waals surface area (Å²) in [6.45, 7) is 3.12. The van der Waals surface area contributed by atoms with Crippen molar-refractivity contribution in [1.29, 1.82) is 0 Å². The number of alkyl halides is 2. The third kappa shape index (κ3) is 4.80. The van der Waals surface area contributed by atoms with Crippen molar-refractivity contribution in [3.63, 3.8) is 0 Å². The molecular formula is C11H16F2NO4P. The number of carbonyl (C=O) groups excluding carboxylic acids is 1. The lowest BCUT2D eigenvalue weighted by molar-refractivity contribution is -0.106. The van der Waals surface area contributed by atoms with Crippen LogP contribution in [0.3, 0.4) is 0 Å². The van der Waals surface area contributed by atoms with E-state index in [9.17, 15) is 13.3 Å². The Kier molecular flexibility index (Phi) is 6.45. The van der Waals surface area contributed by atoms with Gasteiger partial charge in [-0.05, 0) is 19.4 Å². The average Bonchev–Trinajstić information content (AvgIpc) is 2.28. The average molecular weight is 295 g/mol. The van der Waals surface area contributed by atoms with Crippen LogP contribution in [-0.2, 0) is 15.0 Å². The minimum Gasteiger partial charge on any atom is -0.324 e. The van der Waals surface area contributed by atoms with Gasteiger partial charge in [-0.2, -0.15) is 8.78 Å². The van der Waals surface area contributed by atoms with Crippen molar-refractivity contribution in [3.8, 4) is 0 Å². The van der Waals surface area contributed by atoms with Crippen LogP contribution >= 0.6 is 7.60 Å². The first-order chi connectivity index (χ1) is 8.57. The zero-order valence-electron chi connectivity index (χ0n) is 10.5. The molecule has 1 unspecified atom stereocenters. The van der Waals surface area contributed by atoms with Crippen molar-refractivity contribution in [2.24, 2.45) is 5.73 Å². The summed E-state index contributed by atoms with van der Waals surface area (Å²) in [7, 11) is -5.49. The quantitative estimate of drug-likeness (QED) is 0.586. The molecule has 0 fully saturated rings. The molecule has 8 heteroatoms. The molecule has 0 radical (unpaired) electrons. The Morgan fingerprint density at radius 2 is 1.68 bits per heavy atom. The lowest BCUT2D eigenvalue weighted by atomic mass is 10.1. The first-order valence-corrected chi connectivity index (χ1v) is 6.88. The number of hydrogen-bond acceptors (Lipinski definition) is 3. The van der Waals surface area contributed by atoms with E-state index in [1.54, 1.807) is 6.92 Å². The van der Waals surface area contributed by atoms with Gasteiger partial charge in [-0.1, -0.05) is 24.3 Å². The molecule has 0 aliphatic heterocycles. The lowest BCUT2D eigenvalue weighted by Gasteiger charge is -2.18. The number of carbonyl (C=O) groups is 1. The van der Waals surface area contributed by atoms with E-state index < -0.39 is 18.8 Å². The van der Waals surface area contributed by atoms with Gasteiger partial charge >= 0.3 is 13.3 Å². The predicted molar refractivity (Wildman–Crippen MR) is 66.7 cm³/mol. The Balaban J connectivity index is 0.000000982. The van der Waals surface area contributed by atoms with Crippen LogP contribution in [0, 0.1) is 0 Å². The number of hydrogen-bond donors (Lipinski definition) is 3. The SMILES string of the molecule is CC(N)c1ccc(C(F)(F)P(=O)(O)O)cc1.CC=O. The molecule has 0 aliphatic rings. The van der Waals surface area contributed by atoms with Crippen LogP contribution in [0.1, 0.15) is 31.0 Å². The van der Waals surface area contributed by atoms with E-state index in [-0.39, 0.29) is 6.04 Å². The zero-order chi connectivity index (χ0) is 15.3. The smallest absolute Gasteiger partial charge is 0.324 e. The van der Waals surface area contributed by atoms with Gasteiger partial charge < -0.3 is 20.3 Å². The minimum absolute atomic E-state index is 0.322. The first kappa shape index (κ1) is 17.9. The third-order valence-corrected chi connectivity index (χ3v) is 3.14. The van der Waals surface area contributed by atoms with Gasteiger partial charge in [0.2, 0.25) is 0 Å². The summed E-state index contributed by atoms with van der Waals surface area (Å²) in [6.07, 6.45) is 0.750. The second-order valence-electron chi connectivity index (χ2n) is 3.73. The normalized spacial score (nSPS) is 13.2. The summed E-state index contributed by atoms with van der Waals surface area (Å²) in [4.78, 5) is 25.8. The fraction of sp³-hybridized carbons (Fsp3) is 0.364. The van der Waals surface area contributed by atoms with Crippen LogP contribution in [0.2, 0.25) is 0 Å². The number of aldehydes is 1. The maximum Gasteiger partial charge on any atom is 0.399 e. The molecule has 1 aromatic carbocycles. The second-order valence-corrected chi connectivity index (χ2v) is 5.38. The van der Waals surface area contributed by atoms with Crippen LogP contribution in [0.25, 0.3) is 0 Å². The van der Waals surface area contributed by atoms with Crippen LogP contribution in [-0.4, -0.2) is 16.1 Å². The fourth-order valence-electron chi connectivity index (χ4n) is 1.16. The van der Waals surface area contributed by atoms with Crippen molar-refractivity contribution >= 4 is 13.9 Å². The van der Waals surface area contributed by atoms with Crippen molar-refractivity contribution in [1.82, 2.24) is 0 Å². The molecule has 108 valence electrons. The molecule has 0 amide bonds. The van der Waals surface area contributed by atoms with Gasteiger partial charge in [0.05, 0.1) is 0 Å². The third-order valence-electron chi connectivity index (χ3n) is 2.15. The first-order valence-electron chi connectivity index (χ1n) is 5.27. The molecule has 5 nitrogen and oxygen atoms in total. The van der Waals surface area contributed by atoms with E-state index in [1.807, 2.05) is 0 Å². The number of halogens is 2. The Hall–Kier alpha value is -1.14. The van der Waals surface area contributed by atoms with Crippen LogP contribution in [0.4, 0.5) is 8.78 Å². The molecular weight excluding hydrogens is 279 g/mol. The summed E-state index contributed by atoms with van der Waals surface area (Å²) in [6, 6.07) is 4.26. The Labute approximate surface area is 109 Å². The molecule has 0 saturated heterocycles. The largest absolute Gasteiger partial charge is 0.399 e. The Bertz CT molecular complexity index is 456. The van der Waals surface area contributed by atoms with E-state index in [0.29, 0.717) is 5.56 Å². The number of benzene rings is 1. The topological polar surface area (TPSA) is 101 Å². The second kappa shape index (κ2) is 6.86. The van der Waals surface area contributed by atoms with Crippen LogP contribution in [0.15, 0.2) is 24.3 Å². The Morgan fingerprint density at radius 1 is 1.32 bits per heavy atom. The minimum atomic E-state index is -5.49. The van der Waals surface area contributed by atoms with Crippen molar-refractivity contribution in [2.45, 2.75) is 25.6 Å². The van der Waals surface area contributed by atoms with Gasteiger partial charge in [0, 0.05) is 11.6 Å². The van der Waals surface area contributed by atoms with Gasteiger partial charge in [-0.25, -0.2) is 0 Å². The fourth-order valence-corrected chi connectivity index (χ4v) is 1.64. The maximum absolute atomic E-state index is 13.2. The van der Waals surface area contributed by atoms with Gasteiger partial charge in [-0.3, -0.25) is 4.57 Å². The van der Waals surface area contributed by atoms with Crippen LogP contribution < -0.4 is 5.73 Å². The lowest BCUT2D eigenvalue weighted by Crippen LogP contribution is -2.14. The monoisotopic (exact) mass is 295 g/mol. The molecule has 19 heavy (non-hydrogen) atoms. The summed E-state index contributed by atoms with van der Waals surface area (Å²) in [5.41, 5.74) is 1.25. The summed E-state index contributed by atoms with van der Waals surface area (Å²) in [5.74, 6) is 0. The van der Waals surface area contributed by atoms with Gasteiger partial charge in [0.15, 0.2) is 0 Å². The highest BCUT2D eigenvalue weighted by Crippen LogP contribution is 2.59. The molecule has 0 aliphatic carbocycles. The molecule has 4 N–H and O–H groups in total. The standard InChI is InChI=1S/C9H12F2NO3P.C2H4O/c1-6(12)7-2-4-8(5-3-7)9(10,11)16(13,14)15;1-2-3/h2-6H,12H2,1H3,(H2,13,14,15);2H,1H3. The van der Waals surface area contributed by atoms with Crippen molar-refractivity contribution in [3.05, 3.63) is 35.4 Å². The van der Waals surface area contributed by atoms with Crippen LogP contribution in [0.5, 0.6) is 0 Å². The molecule has 1 rings (SSSR count). The van der Waals surface area contributed by atoms with Crippen molar-refractivity contribution in [2.75, 3.05) is 0 Å². The zero-order valence-corrected chi connectivity index (χ0v) is 11.3. The number of nitrogens with two attached hydrogens (primary N) is 1. The van der Waals surface area contributed by atoms with Gasteiger partial charge in [-0.15, -0.1) is 0 Å². The molecule has 1 atom stereocenters. The van der Waals surface area contributed by atoms with Gasteiger partial charge in [0.1, 0.15) is 6.29 Å². The predicted octanol–water partition coefficient (Wildman–Crippen LogP) is 2.14. The highest BCUT2D eigenvalue weighted by Gasteiger charge is 2.50. The van der Waals surface area contributed by atoms with E-state index in [0.717, 1.165) is 18.4 Å². The highest BCUT2D eigenvalue weighted by atomic mass is 31.2. The van der Waals surface area contributed by atoms with E-state index in [4.69, 9.17) is 20.3 Å². The highest BCUT2D eigenvalue weighted by molar-refractivity contribution is 7.52. The molecule has 1 aromatic rings. The molecule has 0 spiro atoms. The Morgan fingerprint density at radius 3 is 1.95 bits per heavy atom. The molecule has 0 saturated carbocycles. The maximum atomic E-state index is 13.2. The summed E-state index contributed by atoms with van der Waals surface area (Å²) in [5, 5.41) is 0. The van der Waals surface area contributed by atoms with Gasteiger partial charge in [0.25, 0.3) is 0 Å². The number of rotatable bonds is 3. The molecule has 0 heterocycles. The summed E-state index contributed by atoms with van der Waals surface area (Å²) >= 11 is 0. The van der Waals surface area contributed by atoms with E-state index in [1.165, 1.54) is 19.1 Å². The molecule has 0 aromatic heterocycles. The molecule has 0 bridgehead atoms.